The highest BCUT2D eigenvalue weighted by atomic mass is 16.6. The van der Waals surface area contributed by atoms with Gasteiger partial charge in [-0.2, -0.15) is 0 Å². The molecule has 0 spiro atoms. The molecule has 0 aliphatic heterocycles. The molecule has 2 amide bonds. The Balaban J connectivity index is 1.55. The van der Waals surface area contributed by atoms with E-state index in [4.69, 9.17) is 9.47 Å². The van der Waals surface area contributed by atoms with Crippen LogP contribution < -0.4 is 10.6 Å². The molecule has 2 aromatic carbocycles. The van der Waals surface area contributed by atoms with Crippen LogP contribution in [0.3, 0.4) is 0 Å². The molecule has 0 saturated carbocycles. The molecule has 1 atom stereocenters. The van der Waals surface area contributed by atoms with Crippen LogP contribution in [0.25, 0.3) is 11.1 Å². The summed E-state index contributed by atoms with van der Waals surface area (Å²) in [5, 5.41) is 15.0. The lowest BCUT2D eigenvalue weighted by Crippen LogP contribution is -2.50. The van der Waals surface area contributed by atoms with Crippen LogP contribution in [0.4, 0.5) is 9.59 Å². The second-order valence-electron chi connectivity index (χ2n) is 10.8. The highest BCUT2D eigenvalue weighted by Crippen LogP contribution is 2.44. The van der Waals surface area contributed by atoms with Gasteiger partial charge in [0.05, 0.1) is 0 Å². The SMILES string of the molecule is CC(C)(C)OC(=O)NCCCC(C)(C)[C@H](NC(=O)OCC1c2ccccc2-c2ccccc21)C(=O)O. The molecule has 0 unspecified atom stereocenters. The summed E-state index contributed by atoms with van der Waals surface area (Å²) in [6.07, 6.45) is -0.331. The topological polar surface area (TPSA) is 114 Å². The number of aliphatic carboxylic acids is 1. The van der Waals surface area contributed by atoms with E-state index in [0.29, 0.717) is 19.4 Å². The fourth-order valence-corrected chi connectivity index (χ4v) is 4.54. The van der Waals surface area contributed by atoms with E-state index < -0.39 is 35.2 Å². The first-order chi connectivity index (χ1) is 16.9. The summed E-state index contributed by atoms with van der Waals surface area (Å²) < 4.78 is 10.7. The number of benzene rings is 2. The zero-order valence-electron chi connectivity index (χ0n) is 21.6. The van der Waals surface area contributed by atoms with E-state index in [1.54, 1.807) is 34.6 Å². The monoisotopic (exact) mass is 496 g/mol. The van der Waals surface area contributed by atoms with E-state index in [0.717, 1.165) is 22.3 Å². The molecule has 0 radical (unpaired) electrons. The highest BCUT2D eigenvalue weighted by molar-refractivity contribution is 5.81. The second kappa shape index (κ2) is 11.0. The Labute approximate surface area is 212 Å². The predicted molar refractivity (Wildman–Crippen MR) is 137 cm³/mol. The Morgan fingerprint density at radius 1 is 0.917 bits per heavy atom. The molecule has 36 heavy (non-hydrogen) atoms. The average Bonchev–Trinajstić information content (AvgIpc) is 3.11. The van der Waals surface area contributed by atoms with Gasteiger partial charge in [-0.15, -0.1) is 0 Å². The van der Waals surface area contributed by atoms with Crippen LogP contribution in [0.2, 0.25) is 0 Å². The first kappa shape index (κ1) is 27.0. The number of amides is 2. The van der Waals surface area contributed by atoms with Crippen LogP contribution in [0, 0.1) is 5.41 Å². The number of carboxylic acid groups (broad SMARTS) is 1. The minimum Gasteiger partial charge on any atom is -0.480 e. The van der Waals surface area contributed by atoms with E-state index in [1.807, 2.05) is 36.4 Å². The molecule has 0 saturated heterocycles. The molecule has 2 aromatic rings. The number of nitrogens with one attached hydrogen (secondary N) is 2. The van der Waals surface area contributed by atoms with Crippen LogP contribution in [0.1, 0.15) is 64.5 Å². The minimum atomic E-state index is -1.16. The van der Waals surface area contributed by atoms with E-state index in [-0.39, 0.29) is 12.5 Å². The largest absolute Gasteiger partial charge is 0.480 e. The third-order valence-corrected chi connectivity index (χ3v) is 6.30. The lowest BCUT2D eigenvalue weighted by molar-refractivity contribution is -0.142. The molecular formula is C28H36N2O6. The molecule has 194 valence electrons. The van der Waals surface area contributed by atoms with Gasteiger partial charge in [-0.25, -0.2) is 14.4 Å². The van der Waals surface area contributed by atoms with Gasteiger partial charge in [-0.1, -0.05) is 62.4 Å². The minimum absolute atomic E-state index is 0.104. The molecule has 3 rings (SSSR count). The summed E-state index contributed by atoms with van der Waals surface area (Å²) in [5.41, 5.74) is 3.02. The lowest BCUT2D eigenvalue weighted by atomic mass is 9.80. The van der Waals surface area contributed by atoms with Crippen molar-refractivity contribution in [3.63, 3.8) is 0 Å². The highest BCUT2D eigenvalue weighted by Gasteiger charge is 2.37. The number of hydrogen-bond donors (Lipinski definition) is 3. The molecule has 0 heterocycles. The molecule has 0 aromatic heterocycles. The van der Waals surface area contributed by atoms with Gasteiger partial charge >= 0.3 is 18.2 Å². The summed E-state index contributed by atoms with van der Waals surface area (Å²) in [6, 6.07) is 14.9. The number of carboxylic acids is 1. The predicted octanol–water partition coefficient (Wildman–Crippen LogP) is 5.31. The lowest BCUT2D eigenvalue weighted by Gasteiger charge is -2.32. The Hall–Kier alpha value is -3.55. The maximum Gasteiger partial charge on any atom is 0.407 e. The third kappa shape index (κ3) is 6.77. The van der Waals surface area contributed by atoms with Gasteiger partial charge in [-0.3, -0.25) is 0 Å². The Morgan fingerprint density at radius 3 is 2.00 bits per heavy atom. The number of fused-ring (bicyclic) bond motifs is 3. The van der Waals surface area contributed by atoms with Crippen LogP contribution in [-0.2, 0) is 14.3 Å². The third-order valence-electron chi connectivity index (χ3n) is 6.30. The molecule has 8 nitrogen and oxygen atoms in total. The second-order valence-corrected chi connectivity index (χ2v) is 10.8. The number of rotatable bonds is 9. The zero-order valence-corrected chi connectivity index (χ0v) is 21.6. The van der Waals surface area contributed by atoms with Crippen molar-refractivity contribution >= 4 is 18.2 Å². The molecular weight excluding hydrogens is 460 g/mol. The molecule has 8 heteroatoms. The quantitative estimate of drug-likeness (QED) is 0.406. The normalized spacial score (nSPS) is 13.8. The first-order valence-electron chi connectivity index (χ1n) is 12.2. The maximum absolute atomic E-state index is 12.7. The van der Waals surface area contributed by atoms with Crippen molar-refractivity contribution in [1.82, 2.24) is 10.6 Å². The summed E-state index contributed by atoms with van der Waals surface area (Å²) in [4.78, 5) is 36.5. The summed E-state index contributed by atoms with van der Waals surface area (Å²) in [7, 11) is 0. The maximum atomic E-state index is 12.7. The van der Waals surface area contributed by atoms with Crippen LogP contribution in [-0.4, -0.2) is 48.1 Å². The first-order valence-corrected chi connectivity index (χ1v) is 12.2. The van der Waals surface area contributed by atoms with Crippen molar-refractivity contribution < 1.29 is 29.0 Å². The molecule has 1 aliphatic rings. The van der Waals surface area contributed by atoms with Crippen molar-refractivity contribution in [2.45, 2.75) is 65.0 Å². The smallest absolute Gasteiger partial charge is 0.407 e. The number of carbonyl (C=O) groups excluding carboxylic acids is 2. The van der Waals surface area contributed by atoms with Crippen molar-refractivity contribution in [3.05, 3.63) is 59.7 Å². The summed E-state index contributed by atoms with van der Waals surface area (Å²) in [5.74, 6) is -1.26. The van der Waals surface area contributed by atoms with Gasteiger partial charge in [0.1, 0.15) is 18.2 Å². The van der Waals surface area contributed by atoms with Gasteiger partial charge in [0, 0.05) is 12.5 Å². The van der Waals surface area contributed by atoms with Crippen molar-refractivity contribution in [2.75, 3.05) is 13.2 Å². The summed E-state index contributed by atoms with van der Waals surface area (Å²) >= 11 is 0. The molecule has 1 aliphatic carbocycles. The van der Waals surface area contributed by atoms with Crippen LogP contribution in [0.5, 0.6) is 0 Å². The fourth-order valence-electron chi connectivity index (χ4n) is 4.54. The van der Waals surface area contributed by atoms with Crippen LogP contribution >= 0.6 is 0 Å². The Bertz CT molecular complexity index is 1060. The average molecular weight is 497 g/mol. The standard InChI is InChI=1S/C28H36N2O6/c1-27(2,3)36-25(33)29-16-10-15-28(4,5)23(24(31)32)30-26(34)35-17-22-20-13-8-6-11-18(20)19-12-7-9-14-21(19)22/h6-9,11-14,22-23H,10,15-17H2,1-5H3,(H,29,33)(H,30,34)(H,31,32)/t23-/m1/s1. The molecule has 3 N–H and O–H groups in total. The van der Waals surface area contributed by atoms with Crippen molar-refractivity contribution in [1.29, 1.82) is 0 Å². The van der Waals surface area contributed by atoms with Gasteiger partial charge in [0.2, 0.25) is 0 Å². The Kier molecular flexibility index (Phi) is 8.28. The van der Waals surface area contributed by atoms with Crippen molar-refractivity contribution in [3.8, 4) is 11.1 Å². The molecule has 0 bridgehead atoms. The van der Waals surface area contributed by atoms with Crippen LogP contribution in [0.15, 0.2) is 48.5 Å². The van der Waals surface area contributed by atoms with Gasteiger partial charge < -0.3 is 25.2 Å². The molecule has 0 fully saturated rings. The van der Waals surface area contributed by atoms with E-state index >= 15 is 0 Å². The van der Waals surface area contributed by atoms with Gasteiger partial charge in [0.25, 0.3) is 0 Å². The van der Waals surface area contributed by atoms with E-state index in [9.17, 15) is 19.5 Å². The number of alkyl carbamates (subject to hydrolysis) is 2. The zero-order chi connectivity index (χ0) is 26.5. The summed E-state index contributed by atoms with van der Waals surface area (Å²) in [6.45, 7) is 9.31. The number of hydrogen-bond acceptors (Lipinski definition) is 5. The van der Waals surface area contributed by atoms with Crippen molar-refractivity contribution in [2.24, 2.45) is 5.41 Å². The fraction of sp³-hybridized carbons (Fsp3) is 0.464. The Morgan fingerprint density at radius 2 is 1.47 bits per heavy atom. The van der Waals surface area contributed by atoms with E-state index in [2.05, 4.69) is 22.8 Å². The number of carbonyl (C=O) groups is 3. The van der Waals surface area contributed by atoms with Gasteiger partial charge in [-0.05, 0) is 61.3 Å². The number of ether oxygens (including phenoxy) is 2. The van der Waals surface area contributed by atoms with Gasteiger partial charge in [0.15, 0.2) is 0 Å². The van der Waals surface area contributed by atoms with E-state index in [1.165, 1.54) is 0 Å².